The molecule has 0 spiro atoms. The molecule has 0 bridgehead atoms. The van der Waals surface area contributed by atoms with Crippen molar-refractivity contribution in [2.24, 2.45) is 5.92 Å². The molecule has 104 valence electrons. The maximum Gasteiger partial charge on any atom is 0.224 e. The Bertz CT molecular complexity index is 476. The highest BCUT2D eigenvalue weighted by Gasteiger charge is 2.18. The molecule has 1 aromatic rings. The van der Waals surface area contributed by atoms with Gasteiger partial charge < -0.3 is 10.6 Å². The highest BCUT2D eigenvalue weighted by Crippen LogP contribution is 2.35. The van der Waals surface area contributed by atoms with E-state index in [-0.39, 0.29) is 5.91 Å². The Morgan fingerprint density at radius 2 is 2.21 bits per heavy atom. The van der Waals surface area contributed by atoms with Gasteiger partial charge in [0.2, 0.25) is 5.91 Å². The summed E-state index contributed by atoms with van der Waals surface area (Å²) in [6, 6.07) is 3.52. The van der Waals surface area contributed by atoms with Crippen molar-refractivity contribution in [3.05, 3.63) is 26.7 Å². The van der Waals surface area contributed by atoms with E-state index in [4.69, 9.17) is 23.2 Å². The number of piperidine rings is 1. The molecule has 6 heteroatoms. The molecule has 0 aliphatic carbocycles. The molecular weight excluding hydrogens is 351 g/mol. The van der Waals surface area contributed by atoms with Crippen LogP contribution < -0.4 is 10.6 Å². The van der Waals surface area contributed by atoms with E-state index in [1.807, 2.05) is 0 Å². The number of benzene rings is 1. The Morgan fingerprint density at radius 1 is 1.42 bits per heavy atom. The quantitative estimate of drug-likeness (QED) is 0.792. The highest BCUT2D eigenvalue weighted by molar-refractivity contribution is 9.10. The van der Waals surface area contributed by atoms with Crippen LogP contribution in [-0.2, 0) is 4.79 Å². The van der Waals surface area contributed by atoms with Crippen LogP contribution in [0.3, 0.4) is 0 Å². The lowest BCUT2D eigenvalue weighted by molar-refractivity contribution is -0.117. The van der Waals surface area contributed by atoms with Crippen LogP contribution in [0.1, 0.15) is 19.3 Å². The molecule has 1 aliphatic heterocycles. The summed E-state index contributed by atoms with van der Waals surface area (Å²) >= 11 is 15.4. The third kappa shape index (κ3) is 4.09. The van der Waals surface area contributed by atoms with Gasteiger partial charge >= 0.3 is 0 Å². The molecule has 1 heterocycles. The van der Waals surface area contributed by atoms with Crippen molar-refractivity contribution in [1.82, 2.24) is 5.32 Å². The molecule has 1 amide bonds. The zero-order valence-corrected chi connectivity index (χ0v) is 13.4. The normalized spacial score (nSPS) is 19.2. The van der Waals surface area contributed by atoms with Crippen molar-refractivity contribution in [2.75, 3.05) is 18.4 Å². The second-order valence-electron chi connectivity index (χ2n) is 4.69. The van der Waals surface area contributed by atoms with Crippen LogP contribution in [0.2, 0.25) is 10.0 Å². The summed E-state index contributed by atoms with van der Waals surface area (Å²) in [5, 5.41) is 6.90. The Labute approximate surface area is 131 Å². The summed E-state index contributed by atoms with van der Waals surface area (Å²) in [7, 11) is 0. The zero-order chi connectivity index (χ0) is 13.8. The fourth-order valence-electron chi connectivity index (χ4n) is 2.18. The van der Waals surface area contributed by atoms with Gasteiger partial charge in [-0.2, -0.15) is 0 Å². The lowest BCUT2D eigenvalue weighted by Crippen LogP contribution is -2.32. The first-order valence-electron chi connectivity index (χ1n) is 6.22. The summed E-state index contributed by atoms with van der Waals surface area (Å²) in [5.41, 5.74) is 0.559. The van der Waals surface area contributed by atoms with Crippen LogP contribution in [0.5, 0.6) is 0 Å². The number of hydrogen-bond acceptors (Lipinski definition) is 2. The molecule has 0 saturated carbocycles. The minimum absolute atomic E-state index is 0.0195. The van der Waals surface area contributed by atoms with E-state index in [0.29, 0.717) is 32.5 Å². The molecule has 0 radical (unpaired) electrons. The van der Waals surface area contributed by atoms with E-state index >= 15 is 0 Å². The van der Waals surface area contributed by atoms with Crippen LogP contribution in [0, 0.1) is 5.92 Å². The molecule has 2 N–H and O–H groups in total. The summed E-state index contributed by atoms with van der Waals surface area (Å²) in [4.78, 5) is 12.0. The molecule has 1 atom stereocenters. The molecule has 1 aliphatic rings. The Kier molecular flexibility index (Phi) is 5.51. The first kappa shape index (κ1) is 15.1. The predicted molar refractivity (Wildman–Crippen MR) is 83.0 cm³/mol. The van der Waals surface area contributed by atoms with Gasteiger partial charge in [0.05, 0.1) is 15.7 Å². The molecule has 2 rings (SSSR count). The average Bonchev–Trinajstić information content (AvgIpc) is 2.41. The van der Waals surface area contributed by atoms with Crippen molar-refractivity contribution in [1.29, 1.82) is 0 Å². The van der Waals surface area contributed by atoms with Crippen molar-refractivity contribution in [3.8, 4) is 0 Å². The molecule has 1 fully saturated rings. The monoisotopic (exact) mass is 364 g/mol. The van der Waals surface area contributed by atoms with E-state index in [0.717, 1.165) is 25.9 Å². The van der Waals surface area contributed by atoms with Crippen molar-refractivity contribution in [2.45, 2.75) is 19.3 Å². The van der Waals surface area contributed by atoms with Gasteiger partial charge in [-0.15, -0.1) is 0 Å². The topological polar surface area (TPSA) is 41.1 Å². The smallest absolute Gasteiger partial charge is 0.224 e. The van der Waals surface area contributed by atoms with E-state index in [1.54, 1.807) is 12.1 Å². The van der Waals surface area contributed by atoms with E-state index < -0.39 is 0 Å². The second-order valence-corrected chi connectivity index (χ2v) is 6.30. The maximum atomic E-state index is 12.0. The number of carbonyl (C=O) groups is 1. The molecular formula is C13H15BrCl2N2O. The largest absolute Gasteiger partial charge is 0.325 e. The summed E-state index contributed by atoms with van der Waals surface area (Å²) < 4.78 is 0.716. The van der Waals surface area contributed by atoms with Crippen LogP contribution >= 0.6 is 39.1 Å². The molecule has 0 aromatic heterocycles. The first-order valence-corrected chi connectivity index (χ1v) is 7.77. The maximum absolute atomic E-state index is 12.0. The van der Waals surface area contributed by atoms with Gasteiger partial charge in [-0.05, 0) is 59.9 Å². The SMILES string of the molecule is O=C(CC1CCCNC1)Nc1ccc(Br)c(Cl)c1Cl. The fraction of sp³-hybridized carbons (Fsp3) is 0.462. The number of halogens is 3. The summed E-state index contributed by atoms with van der Waals surface area (Å²) in [5.74, 6) is 0.382. The minimum atomic E-state index is -0.0195. The van der Waals surface area contributed by atoms with Crippen LogP contribution in [-0.4, -0.2) is 19.0 Å². The van der Waals surface area contributed by atoms with E-state index in [1.165, 1.54) is 0 Å². The third-order valence-corrected chi connectivity index (χ3v) is 4.95. The number of rotatable bonds is 3. The van der Waals surface area contributed by atoms with Gasteiger partial charge in [0.25, 0.3) is 0 Å². The van der Waals surface area contributed by atoms with Gasteiger partial charge in [-0.1, -0.05) is 23.2 Å². The molecule has 3 nitrogen and oxygen atoms in total. The zero-order valence-electron chi connectivity index (χ0n) is 10.3. The summed E-state index contributed by atoms with van der Waals surface area (Å²) in [6.07, 6.45) is 2.73. The lowest BCUT2D eigenvalue weighted by atomic mass is 9.96. The summed E-state index contributed by atoms with van der Waals surface area (Å²) in [6.45, 7) is 1.95. The van der Waals surface area contributed by atoms with Gasteiger partial charge in [0.1, 0.15) is 0 Å². The molecule has 1 unspecified atom stereocenters. The number of amides is 1. The Hall–Kier alpha value is -0.290. The van der Waals surface area contributed by atoms with Crippen molar-refractivity contribution < 1.29 is 4.79 Å². The van der Waals surface area contributed by atoms with Crippen LogP contribution in [0.4, 0.5) is 5.69 Å². The standard InChI is InChI=1S/C13H15BrCl2N2O/c14-9-3-4-10(13(16)12(9)15)18-11(19)6-8-2-1-5-17-7-8/h3-4,8,17H,1-2,5-7H2,(H,18,19). The Morgan fingerprint density at radius 3 is 2.89 bits per heavy atom. The van der Waals surface area contributed by atoms with Gasteiger partial charge in [-0.3, -0.25) is 4.79 Å². The fourth-order valence-corrected chi connectivity index (χ4v) is 3.01. The van der Waals surface area contributed by atoms with Gasteiger partial charge in [0, 0.05) is 10.9 Å². The van der Waals surface area contributed by atoms with Gasteiger partial charge in [-0.25, -0.2) is 0 Å². The number of carbonyl (C=O) groups excluding carboxylic acids is 1. The molecule has 1 saturated heterocycles. The van der Waals surface area contributed by atoms with Crippen LogP contribution in [0.25, 0.3) is 0 Å². The number of anilines is 1. The number of nitrogens with one attached hydrogen (secondary N) is 2. The third-order valence-electron chi connectivity index (χ3n) is 3.18. The predicted octanol–water partition coefficient (Wildman–Crippen LogP) is 4.08. The first-order chi connectivity index (χ1) is 9.08. The number of hydrogen-bond donors (Lipinski definition) is 2. The highest BCUT2D eigenvalue weighted by atomic mass is 79.9. The minimum Gasteiger partial charge on any atom is -0.325 e. The lowest BCUT2D eigenvalue weighted by Gasteiger charge is -2.22. The Balaban J connectivity index is 1.97. The van der Waals surface area contributed by atoms with Gasteiger partial charge in [0.15, 0.2) is 0 Å². The van der Waals surface area contributed by atoms with E-state index in [2.05, 4.69) is 26.6 Å². The average molecular weight is 366 g/mol. The van der Waals surface area contributed by atoms with Crippen LogP contribution in [0.15, 0.2) is 16.6 Å². The second kappa shape index (κ2) is 6.93. The van der Waals surface area contributed by atoms with E-state index in [9.17, 15) is 4.79 Å². The van der Waals surface area contributed by atoms with Crippen molar-refractivity contribution in [3.63, 3.8) is 0 Å². The van der Waals surface area contributed by atoms with Crippen molar-refractivity contribution >= 4 is 50.7 Å². The molecule has 19 heavy (non-hydrogen) atoms. The molecule has 1 aromatic carbocycles.